The van der Waals surface area contributed by atoms with E-state index in [1.807, 2.05) is 0 Å². The predicted octanol–water partition coefficient (Wildman–Crippen LogP) is 2.88. The SMILES string of the molecule is O=C(NCc1ccco1)c1ccc(C(=O)NC2CCCC2)cc1. The quantitative estimate of drug-likeness (QED) is 0.892. The fourth-order valence-corrected chi connectivity index (χ4v) is 2.79. The Morgan fingerprint density at radius 2 is 1.65 bits per heavy atom. The lowest BCUT2D eigenvalue weighted by Gasteiger charge is -2.12. The molecule has 2 aromatic rings. The van der Waals surface area contributed by atoms with Crippen molar-refractivity contribution in [2.45, 2.75) is 38.3 Å². The first kappa shape index (κ1) is 15.3. The van der Waals surface area contributed by atoms with Crippen molar-refractivity contribution in [3.63, 3.8) is 0 Å². The van der Waals surface area contributed by atoms with Crippen molar-refractivity contribution in [1.29, 1.82) is 0 Å². The maximum Gasteiger partial charge on any atom is 0.251 e. The molecule has 1 aromatic heterocycles. The van der Waals surface area contributed by atoms with E-state index in [1.54, 1.807) is 42.7 Å². The van der Waals surface area contributed by atoms with Gasteiger partial charge in [-0.05, 0) is 49.2 Å². The highest BCUT2D eigenvalue weighted by atomic mass is 16.3. The molecule has 0 radical (unpaired) electrons. The van der Waals surface area contributed by atoms with Gasteiger partial charge in [0, 0.05) is 17.2 Å². The first-order valence-electron chi connectivity index (χ1n) is 7.94. The molecule has 5 heteroatoms. The monoisotopic (exact) mass is 312 g/mol. The number of nitrogens with one attached hydrogen (secondary N) is 2. The molecule has 1 aliphatic rings. The first-order chi connectivity index (χ1) is 11.2. The smallest absolute Gasteiger partial charge is 0.251 e. The minimum atomic E-state index is -0.191. The Bertz CT molecular complexity index is 656. The third-order valence-corrected chi connectivity index (χ3v) is 4.10. The van der Waals surface area contributed by atoms with E-state index in [9.17, 15) is 9.59 Å². The summed E-state index contributed by atoms with van der Waals surface area (Å²) in [7, 11) is 0. The zero-order valence-electron chi connectivity index (χ0n) is 12.9. The van der Waals surface area contributed by atoms with Gasteiger partial charge in [-0.3, -0.25) is 9.59 Å². The van der Waals surface area contributed by atoms with Crippen LogP contribution < -0.4 is 10.6 Å². The van der Waals surface area contributed by atoms with Crippen LogP contribution in [0, 0.1) is 0 Å². The normalized spacial score (nSPS) is 14.6. The van der Waals surface area contributed by atoms with Crippen LogP contribution in [-0.4, -0.2) is 17.9 Å². The van der Waals surface area contributed by atoms with Crippen LogP contribution in [0.2, 0.25) is 0 Å². The second-order valence-electron chi connectivity index (χ2n) is 5.79. The Morgan fingerprint density at radius 1 is 1.00 bits per heavy atom. The highest BCUT2D eigenvalue weighted by molar-refractivity contribution is 5.97. The summed E-state index contributed by atoms with van der Waals surface area (Å²) in [5.74, 6) is 0.439. The first-order valence-corrected chi connectivity index (χ1v) is 7.94. The molecule has 0 bridgehead atoms. The number of furan rings is 1. The molecular weight excluding hydrogens is 292 g/mol. The van der Waals surface area contributed by atoms with Gasteiger partial charge >= 0.3 is 0 Å². The van der Waals surface area contributed by atoms with Crippen molar-refractivity contribution in [2.75, 3.05) is 0 Å². The summed E-state index contributed by atoms with van der Waals surface area (Å²) in [5.41, 5.74) is 1.11. The number of benzene rings is 1. The Morgan fingerprint density at radius 3 is 2.26 bits per heavy atom. The molecule has 3 rings (SSSR count). The molecule has 1 fully saturated rings. The van der Waals surface area contributed by atoms with Gasteiger partial charge in [0.15, 0.2) is 0 Å². The third-order valence-electron chi connectivity index (χ3n) is 4.10. The summed E-state index contributed by atoms with van der Waals surface area (Å²) in [6, 6.07) is 10.6. The molecule has 1 aromatic carbocycles. The molecule has 0 atom stereocenters. The number of rotatable bonds is 5. The Hall–Kier alpha value is -2.56. The van der Waals surface area contributed by atoms with Crippen LogP contribution in [0.4, 0.5) is 0 Å². The highest BCUT2D eigenvalue weighted by Gasteiger charge is 2.18. The summed E-state index contributed by atoms with van der Waals surface area (Å²) in [5, 5.41) is 5.81. The molecule has 23 heavy (non-hydrogen) atoms. The molecule has 0 unspecified atom stereocenters. The number of carbonyl (C=O) groups is 2. The maximum atomic E-state index is 12.1. The van der Waals surface area contributed by atoms with Gasteiger partial charge < -0.3 is 15.1 Å². The number of amides is 2. The average molecular weight is 312 g/mol. The molecule has 2 N–H and O–H groups in total. The highest BCUT2D eigenvalue weighted by Crippen LogP contribution is 2.18. The summed E-state index contributed by atoms with van der Waals surface area (Å²) in [6.45, 7) is 0.343. The second-order valence-corrected chi connectivity index (χ2v) is 5.79. The van der Waals surface area contributed by atoms with Crippen LogP contribution in [0.1, 0.15) is 52.2 Å². The molecule has 1 saturated carbocycles. The van der Waals surface area contributed by atoms with Crippen LogP contribution >= 0.6 is 0 Å². The fourth-order valence-electron chi connectivity index (χ4n) is 2.79. The number of hydrogen-bond donors (Lipinski definition) is 2. The molecule has 5 nitrogen and oxygen atoms in total. The van der Waals surface area contributed by atoms with Crippen LogP contribution in [0.25, 0.3) is 0 Å². The van der Waals surface area contributed by atoms with E-state index >= 15 is 0 Å². The number of hydrogen-bond acceptors (Lipinski definition) is 3. The maximum absolute atomic E-state index is 12.1. The summed E-state index contributed by atoms with van der Waals surface area (Å²) >= 11 is 0. The second kappa shape index (κ2) is 7.13. The van der Waals surface area contributed by atoms with Crippen molar-refractivity contribution >= 4 is 11.8 Å². The lowest BCUT2D eigenvalue weighted by Crippen LogP contribution is -2.32. The molecule has 0 spiro atoms. The largest absolute Gasteiger partial charge is 0.467 e. The van der Waals surface area contributed by atoms with E-state index in [4.69, 9.17) is 4.42 Å². The Labute approximate surface area is 135 Å². The van der Waals surface area contributed by atoms with Gasteiger partial charge in [0.05, 0.1) is 12.8 Å². The van der Waals surface area contributed by atoms with Crippen molar-refractivity contribution in [2.24, 2.45) is 0 Å². The summed E-state index contributed by atoms with van der Waals surface area (Å²) in [6.07, 6.45) is 6.04. The van der Waals surface area contributed by atoms with Gasteiger partial charge in [0.25, 0.3) is 11.8 Å². The molecule has 1 heterocycles. The van der Waals surface area contributed by atoms with Gasteiger partial charge in [-0.25, -0.2) is 0 Å². The van der Waals surface area contributed by atoms with Gasteiger partial charge in [0.2, 0.25) is 0 Å². The molecular formula is C18H20N2O3. The minimum absolute atomic E-state index is 0.0700. The van der Waals surface area contributed by atoms with Crippen LogP contribution in [-0.2, 0) is 6.54 Å². The Kier molecular flexibility index (Phi) is 4.76. The molecule has 0 aliphatic heterocycles. The Balaban J connectivity index is 1.55. The average Bonchev–Trinajstić information content (AvgIpc) is 3.26. The van der Waals surface area contributed by atoms with E-state index < -0.39 is 0 Å². The van der Waals surface area contributed by atoms with Crippen molar-refractivity contribution in [3.05, 3.63) is 59.5 Å². The molecule has 0 saturated heterocycles. The lowest BCUT2D eigenvalue weighted by atomic mass is 10.1. The predicted molar refractivity (Wildman–Crippen MR) is 86.0 cm³/mol. The molecule has 1 aliphatic carbocycles. The van der Waals surface area contributed by atoms with Gasteiger partial charge in [0.1, 0.15) is 5.76 Å². The van der Waals surface area contributed by atoms with E-state index in [0.717, 1.165) is 12.8 Å². The summed E-state index contributed by atoms with van der Waals surface area (Å²) in [4.78, 5) is 24.2. The molecule has 120 valence electrons. The van der Waals surface area contributed by atoms with Crippen molar-refractivity contribution < 1.29 is 14.0 Å². The van der Waals surface area contributed by atoms with Gasteiger partial charge in [-0.15, -0.1) is 0 Å². The minimum Gasteiger partial charge on any atom is -0.467 e. The van der Waals surface area contributed by atoms with Crippen LogP contribution in [0.5, 0.6) is 0 Å². The third kappa shape index (κ3) is 4.00. The molecule has 2 amide bonds. The van der Waals surface area contributed by atoms with Crippen molar-refractivity contribution in [3.8, 4) is 0 Å². The van der Waals surface area contributed by atoms with Crippen molar-refractivity contribution in [1.82, 2.24) is 10.6 Å². The van der Waals surface area contributed by atoms with Gasteiger partial charge in [-0.2, -0.15) is 0 Å². The van der Waals surface area contributed by atoms with Crippen LogP contribution in [0.15, 0.2) is 47.1 Å². The van der Waals surface area contributed by atoms with E-state index in [0.29, 0.717) is 29.5 Å². The topological polar surface area (TPSA) is 71.3 Å². The lowest BCUT2D eigenvalue weighted by molar-refractivity contribution is 0.0930. The zero-order valence-corrected chi connectivity index (χ0v) is 12.9. The zero-order chi connectivity index (χ0) is 16.1. The van der Waals surface area contributed by atoms with Crippen LogP contribution in [0.3, 0.4) is 0 Å². The van der Waals surface area contributed by atoms with E-state index in [1.165, 1.54) is 12.8 Å². The van der Waals surface area contributed by atoms with E-state index in [2.05, 4.69) is 10.6 Å². The van der Waals surface area contributed by atoms with Gasteiger partial charge in [-0.1, -0.05) is 12.8 Å². The van der Waals surface area contributed by atoms with E-state index in [-0.39, 0.29) is 11.8 Å². The fraction of sp³-hybridized carbons (Fsp3) is 0.333. The standard InChI is InChI=1S/C18H20N2O3/c21-17(19-12-16-6-3-11-23-16)13-7-9-14(10-8-13)18(22)20-15-4-1-2-5-15/h3,6-11,15H,1-2,4-5,12H2,(H,19,21)(H,20,22). The number of carbonyl (C=O) groups excluding carboxylic acids is 2. The summed E-state index contributed by atoms with van der Waals surface area (Å²) < 4.78 is 5.17.